The standard InChI is InChI=1S/C16H26N2O14P2/c1-7-5-18(16(23)17-14(7)22)12-4-9(19)11(30-12)6-28-33(24,25)32-34(26,27)31-15-13(21)10(20)3-8(2)29-15/h5,8-13,15,19-21H,3-4,6H2,1-2H3,(H,24,25)(H,26,27)(H,17,22,23)/p-1/t8?,9-,10+,11-,12-,13?,15+/m1/s1. The molecule has 2 aliphatic rings. The highest BCUT2D eigenvalue weighted by atomic mass is 31.3. The van der Waals surface area contributed by atoms with Crippen LogP contribution in [0.25, 0.3) is 0 Å². The zero-order valence-electron chi connectivity index (χ0n) is 18.0. The van der Waals surface area contributed by atoms with Crippen LogP contribution in [0.4, 0.5) is 0 Å². The van der Waals surface area contributed by atoms with E-state index in [1.165, 1.54) is 20.0 Å². The Hall–Kier alpha value is -1.26. The van der Waals surface area contributed by atoms with Crippen molar-refractivity contribution in [1.82, 2.24) is 9.55 Å². The van der Waals surface area contributed by atoms with Crippen molar-refractivity contribution in [3.63, 3.8) is 0 Å². The molecule has 0 aromatic carbocycles. The maximum atomic E-state index is 12.1. The number of aliphatic hydroxyl groups is 3. The zero-order valence-corrected chi connectivity index (χ0v) is 19.7. The van der Waals surface area contributed by atoms with Gasteiger partial charge in [-0.15, -0.1) is 0 Å². The summed E-state index contributed by atoms with van der Waals surface area (Å²) in [7, 11) is -10.9. The number of phosphoric acid groups is 2. The van der Waals surface area contributed by atoms with Gasteiger partial charge < -0.3 is 34.6 Å². The fraction of sp³-hybridized carbons (Fsp3) is 0.750. The van der Waals surface area contributed by atoms with E-state index in [4.69, 9.17) is 9.47 Å². The van der Waals surface area contributed by atoms with Crippen LogP contribution in [0.3, 0.4) is 0 Å². The summed E-state index contributed by atoms with van der Waals surface area (Å²) in [6.07, 6.45) is -8.22. The number of rotatable bonds is 8. The predicted molar refractivity (Wildman–Crippen MR) is 107 cm³/mol. The van der Waals surface area contributed by atoms with Gasteiger partial charge in [0.05, 0.1) is 24.9 Å². The summed E-state index contributed by atoms with van der Waals surface area (Å²) in [5, 5.41) is 29.6. The van der Waals surface area contributed by atoms with E-state index < -0.39 is 76.5 Å². The SMILES string of the molecule is Cc1cn([C@H]2C[C@@H](O)[C@@H](COP(=O)(O)OP(=O)([O-])O[C@@H]3OC(C)C[C@H](O)C3O)O2)c(=O)[nH]c1=O. The van der Waals surface area contributed by atoms with Crippen molar-refractivity contribution in [3.05, 3.63) is 32.6 Å². The molecular formula is C16H25N2O14P2-. The molecule has 18 heteroatoms. The van der Waals surface area contributed by atoms with Gasteiger partial charge in [-0.2, -0.15) is 0 Å². The van der Waals surface area contributed by atoms with Gasteiger partial charge in [-0.1, -0.05) is 0 Å². The molecule has 0 saturated carbocycles. The molecule has 0 spiro atoms. The third-order valence-corrected chi connectivity index (χ3v) is 7.68. The molecule has 9 atom stereocenters. The number of aromatic nitrogens is 2. The lowest BCUT2D eigenvalue weighted by Gasteiger charge is -2.38. The van der Waals surface area contributed by atoms with Crippen molar-refractivity contribution in [2.45, 2.75) is 69.7 Å². The Morgan fingerprint density at radius 2 is 1.88 bits per heavy atom. The molecule has 3 heterocycles. The minimum Gasteiger partial charge on any atom is -0.756 e. The molecule has 34 heavy (non-hydrogen) atoms. The number of H-pyrrole nitrogens is 1. The van der Waals surface area contributed by atoms with E-state index in [1.54, 1.807) is 0 Å². The second-order valence-electron chi connectivity index (χ2n) is 7.92. The summed E-state index contributed by atoms with van der Waals surface area (Å²) >= 11 is 0. The van der Waals surface area contributed by atoms with Gasteiger partial charge >= 0.3 is 13.5 Å². The number of aromatic amines is 1. The highest BCUT2D eigenvalue weighted by molar-refractivity contribution is 7.60. The molecule has 1 aromatic rings. The van der Waals surface area contributed by atoms with Gasteiger partial charge in [0, 0.05) is 24.6 Å². The first-order valence-electron chi connectivity index (χ1n) is 10.0. The second-order valence-corrected chi connectivity index (χ2v) is 10.9. The summed E-state index contributed by atoms with van der Waals surface area (Å²) in [5.74, 6) is 0. The van der Waals surface area contributed by atoms with E-state index >= 15 is 0 Å². The van der Waals surface area contributed by atoms with Crippen LogP contribution in [0.5, 0.6) is 0 Å². The van der Waals surface area contributed by atoms with Crippen LogP contribution in [0.1, 0.15) is 31.6 Å². The molecule has 2 fully saturated rings. The molecular weight excluding hydrogens is 506 g/mol. The number of hydrogen-bond acceptors (Lipinski definition) is 13. The first-order valence-corrected chi connectivity index (χ1v) is 13.0. The molecule has 3 rings (SSSR count). The Labute approximate surface area is 191 Å². The molecule has 0 aliphatic carbocycles. The number of aryl methyl sites for hydroxylation is 1. The minimum atomic E-state index is -5.59. The largest absolute Gasteiger partial charge is 0.756 e. The number of phosphoric ester groups is 2. The van der Waals surface area contributed by atoms with E-state index in [0.717, 1.165) is 4.57 Å². The second kappa shape index (κ2) is 10.4. The Bertz CT molecular complexity index is 1090. The predicted octanol–water partition coefficient (Wildman–Crippen LogP) is -2.03. The molecule has 0 bridgehead atoms. The molecule has 2 aliphatic heterocycles. The van der Waals surface area contributed by atoms with Gasteiger partial charge in [-0.25, -0.2) is 13.7 Å². The smallest absolute Gasteiger partial charge is 0.478 e. The van der Waals surface area contributed by atoms with Crippen LogP contribution in [0.2, 0.25) is 0 Å². The molecule has 0 amide bonds. The number of hydrogen-bond donors (Lipinski definition) is 5. The van der Waals surface area contributed by atoms with Gasteiger partial charge in [0.25, 0.3) is 13.4 Å². The monoisotopic (exact) mass is 531 g/mol. The summed E-state index contributed by atoms with van der Waals surface area (Å²) in [6.45, 7) is 2.10. The summed E-state index contributed by atoms with van der Waals surface area (Å²) < 4.78 is 48.7. The summed E-state index contributed by atoms with van der Waals surface area (Å²) in [5.41, 5.74) is -1.20. The third kappa shape index (κ3) is 6.69. The Kier molecular flexibility index (Phi) is 8.35. The first kappa shape index (κ1) is 27.3. The van der Waals surface area contributed by atoms with Crippen LogP contribution in [-0.4, -0.2) is 73.2 Å². The van der Waals surface area contributed by atoms with Crippen molar-refractivity contribution in [1.29, 1.82) is 0 Å². The lowest BCUT2D eigenvalue weighted by atomic mass is 10.0. The third-order valence-electron chi connectivity index (χ3n) is 5.11. The maximum Gasteiger partial charge on any atom is 0.478 e. The van der Waals surface area contributed by atoms with Crippen molar-refractivity contribution >= 4 is 15.6 Å². The summed E-state index contributed by atoms with van der Waals surface area (Å²) in [4.78, 5) is 47.3. The molecule has 5 N–H and O–H groups in total. The van der Waals surface area contributed by atoms with E-state index in [-0.39, 0.29) is 18.4 Å². The fourth-order valence-corrected chi connectivity index (χ4v) is 5.53. The lowest BCUT2D eigenvalue weighted by molar-refractivity contribution is -0.276. The van der Waals surface area contributed by atoms with Gasteiger partial charge in [-0.05, 0) is 13.8 Å². The van der Waals surface area contributed by atoms with Crippen LogP contribution in [0, 0.1) is 6.92 Å². The number of ether oxygens (including phenoxy) is 2. The van der Waals surface area contributed by atoms with Gasteiger partial charge in [0.2, 0.25) is 0 Å². The van der Waals surface area contributed by atoms with E-state index in [0.29, 0.717) is 0 Å². The van der Waals surface area contributed by atoms with Crippen molar-refractivity contribution in [2.75, 3.05) is 6.61 Å². The average molecular weight is 531 g/mol. The molecule has 1 aromatic heterocycles. The number of aliphatic hydroxyl groups excluding tert-OH is 3. The Morgan fingerprint density at radius 3 is 2.56 bits per heavy atom. The summed E-state index contributed by atoms with van der Waals surface area (Å²) in [6, 6.07) is 0. The Morgan fingerprint density at radius 1 is 1.21 bits per heavy atom. The highest BCUT2D eigenvalue weighted by Gasteiger charge is 2.41. The molecule has 0 radical (unpaired) electrons. The van der Waals surface area contributed by atoms with Gasteiger partial charge in [0.15, 0.2) is 6.29 Å². The lowest BCUT2D eigenvalue weighted by Crippen LogP contribution is -2.48. The van der Waals surface area contributed by atoms with Gasteiger partial charge in [0.1, 0.15) is 18.4 Å². The van der Waals surface area contributed by atoms with Crippen LogP contribution >= 0.6 is 15.6 Å². The van der Waals surface area contributed by atoms with Crippen molar-refractivity contribution in [3.8, 4) is 0 Å². The van der Waals surface area contributed by atoms with E-state index in [9.17, 15) is 43.8 Å². The zero-order chi connectivity index (χ0) is 25.4. The van der Waals surface area contributed by atoms with E-state index in [1.807, 2.05) is 0 Å². The molecule has 16 nitrogen and oxygen atoms in total. The number of nitrogens with zero attached hydrogens (tertiary/aromatic N) is 1. The fourth-order valence-electron chi connectivity index (χ4n) is 3.41. The molecule has 194 valence electrons. The van der Waals surface area contributed by atoms with Crippen LogP contribution < -0.4 is 16.1 Å². The maximum absolute atomic E-state index is 12.1. The normalized spacial score (nSPS) is 35.6. The first-order chi connectivity index (χ1) is 15.7. The molecule has 4 unspecified atom stereocenters. The van der Waals surface area contributed by atoms with Crippen LogP contribution in [0.15, 0.2) is 15.8 Å². The quantitative estimate of drug-likeness (QED) is 0.227. The van der Waals surface area contributed by atoms with E-state index in [2.05, 4.69) is 18.3 Å². The van der Waals surface area contributed by atoms with Crippen LogP contribution in [-0.2, 0) is 32.0 Å². The minimum absolute atomic E-state index is 0.00209. The van der Waals surface area contributed by atoms with Crippen molar-refractivity contribution < 1.29 is 57.1 Å². The van der Waals surface area contributed by atoms with Crippen molar-refractivity contribution in [2.24, 2.45) is 0 Å². The average Bonchev–Trinajstić information content (AvgIpc) is 3.06. The molecule has 2 saturated heterocycles. The Balaban J connectivity index is 1.58. The topological polar surface area (TPSA) is 239 Å². The highest BCUT2D eigenvalue weighted by Crippen LogP contribution is 2.59. The van der Waals surface area contributed by atoms with Gasteiger partial charge in [-0.3, -0.25) is 28.0 Å². The number of nitrogens with one attached hydrogen (secondary N) is 1.